The van der Waals surface area contributed by atoms with Crippen molar-refractivity contribution in [2.75, 3.05) is 0 Å². The largest absolute Gasteiger partial charge is 0.207 e. The van der Waals surface area contributed by atoms with Crippen molar-refractivity contribution in [1.82, 2.24) is 0 Å². The second-order valence-electron chi connectivity index (χ2n) is 6.85. The quantitative estimate of drug-likeness (QED) is 0.650. The normalized spacial score (nSPS) is 16.9. The third-order valence-corrected chi connectivity index (χ3v) is 5.04. The molecule has 3 heteroatoms. The Balaban J connectivity index is 1.65. The summed E-state index contributed by atoms with van der Waals surface area (Å²) in [6.07, 6.45) is 5.42. The van der Waals surface area contributed by atoms with Crippen LogP contribution in [0.25, 0.3) is 0 Å². The number of fused-ring (bicyclic) bond motifs is 1. The number of benzene rings is 2. The molecule has 2 aromatic rings. The van der Waals surface area contributed by atoms with Crippen LogP contribution < -0.4 is 0 Å². The van der Waals surface area contributed by atoms with Crippen molar-refractivity contribution in [1.29, 1.82) is 0 Å². The summed E-state index contributed by atoms with van der Waals surface area (Å²) in [7, 11) is 0. The van der Waals surface area contributed by atoms with E-state index in [1.807, 2.05) is 13.0 Å². The molecule has 0 bridgehead atoms. The summed E-state index contributed by atoms with van der Waals surface area (Å²) in [6, 6.07) is 7.89. The van der Waals surface area contributed by atoms with Crippen molar-refractivity contribution in [3.05, 3.63) is 70.0 Å². The zero-order chi connectivity index (χ0) is 17.1. The SMILES string of the molecule is CCCc1cc(F)c(CCC2CCc3cc(F)ccc3C2)c(F)c1. The molecule has 1 aliphatic rings. The van der Waals surface area contributed by atoms with Gasteiger partial charge in [-0.1, -0.05) is 19.4 Å². The monoisotopic (exact) mass is 332 g/mol. The highest BCUT2D eigenvalue weighted by Crippen LogP contribution is 2.30. The Morgan fingerprint density at radius 3 is 2.42 bits per heavy atom. The molecule has 0 amide bonds. The van der Waals surface area contributed by atoms with E-state index in [0.29, 0.717) is 18.8 Å². The van der Waals surface area contributed by atoms with Crippen LogP contribution in [0, 0.1) is 23.4 Å². The molecule has 0 heterocycles. The minimum absolute atomic E-state index is 0.191. The van der Waals surface area contributed by atoms with Crippen molar-refractivity contribution in [3.8, 4) is 0 Å². The van der Waals surface area contributed by atoms with E-state index >= 15 is 0 Å². The molecule has 128 valence electrons. The van der Waals surface area contributed by atoms with E-state index < -0.39 is 11.6 Å². The third-order valence-electron chi connectivity index (χ3n) is 5.04. The molecule has 0 fully saturated rings. The van der Waals surface area contributed by atoms with Crippen molar-refractivity contribution < 1.29 is 13.2 Å². The van der Waals surface area contributed by atoms with Crippen LogP contribution in [0.4, 0.5) is 13.2 Å². The van der Waals surface area contributed by atoms with Crippen molar-refractivity contribution in [2.24, 2.45) is 5.92 Å². The first-order valence-electron chi connectivity index (χ1n) is 8.81. The highest BCUT2D eigenvalue weighted by molar-refractivity contribution is 5.31. The zero-order valence-electron chi connectivity index (χ0n) is 14.0. The van der Waals surface area contributed by atoms with E-state index in [0.717, 1.165) is 43.2 Å². The van der Waals surface area contributed by atoms with E-state index in [4.69, 9.17) is 0 Å². The summed E-state index contributed by atoms with van der Waals surface area (Å²) < 4.78 is 41.6. The Morgan fingerprint density at radius 1 is 0.958 bits per heavy atom. The number of halogens is 3. The molecular formula is C21H23F3. The fourth-order valence-corrected chi connectivity index (χ4v) is 3.72. The molecule has 0 saturated carbocycles. The van der Waals surface area contributed by atoms with Gasteiger partial charge in [0.2, 0.25) is 0 Å². The Bertz CT molecular complexity index is 698. The molecule has 0 spiro atoms. The topological polar surface area (TPSA) is 0 Å². The van der Waals surface area contributed by atoms with Crippen molar-refractivity contribution >= 4 is 0 Å². The van der Waals surface area contributed by atoms with Crippen LogP contribution in [0.3, 0.4) is 0 Å². The van der Waals surface area contributed by atoms with E-state index in [1.165, 1.54) is 23.8 Å². The van der Waals surface area contributed by atoms with Crippen LogP contribution in [-0.2, 0) is 25.7 Å². The summed E-state index contributed by atoms with van der Waals surface area (Å²) in [6.45, 7) is 2.00. The molecule has 0 aromatic heterocycles. The number of hydrogen-bond acceptors (Lipinski definition) is 0. The Morgan fingerprint density at radius 2 is 1.71 bits per heavy atom. The minimum atomic E-state index is -0.420. The van der Waals surface area contributed by atoms with Crippen LogP contribution in [0.2, 0.25) is 0 Å². The summed E-state index contributed by atoms with van der Waals surface area (Å²) in [4.78, 5) is 0. The minimum Gasteiger partial charge on any atom is -0.207 e. The third kappa shape index (κ3) is 3.82. The average Bonchev–Trinajstić information content (AvgIpc) is 2.54. The Labute approximate surface area is 141 Å². The Hall–Kier alpha value is -1.77. The standard InChI is InChI=1S/C21H23F3/c1-2-3-15-11-20(23)19(21(24)12-15)9-5-14-4-6-17-13-18(22)8-7-16(17)10-14/h7-8,11-14H,2-6,9-10H2,1H3. The maximum absolute atomic E-state index is 14.2. The zero-order valence-corrected chi connectivity index (χ0v) is 14.0. The molecule has 0 saturated heterocycles. The van der Waals surface area contributed by atoms with Crippen LogP contribution >= 0.6 is 0 Å². The molecule has 24 heavy (non-hydrogen) atoms. The smallest absolute Gasteiger partial charge is 0.129 e. The van der Waals surface area contributed by atoms with Gasteiger partial charge < -0.3 is 0 Å². The molecule has 0 radical (unpaired) electrons. The number of rotatable bonds is 5. The molecule has 0 nitrogen and oxygen atoms in total. The highest BCUT2D eigenvalue weighted by Gasteiger charge is 2.20. The van der Waals surface area contributed by atoms with Crippen molar-refractivity contribution in [3.63, 3.8) is 0 Å². The first-order chi connectivity index (χ1) is 11.6. The van der Waals surface area contributed by atoms with Crippen LogP contribution in [0.15, 0.2) is 30.3 Å². The van der Waals surface area contributed by atoms with Gasteiger partial charge in [-0.2, -0.15) is 0 Å². The van der Waals surface area contributed by atoms with Gasteiger partial charge in [-0.25, -0.2) is 13.2 Å². The van der Waals surface area contributed by atoms with Crippen molar-refractivity contribution in [2.45, 2.75) is 51.9 Å². The van der Waals surface area contributed by atoms with Gasteiger partial charge in [-0.3, -0.25) is 0 Å². The van der Waals surface area contributed by atoms with E-state index in [9.17, 15) is 13.2 Å². The molecule has 0 aliphatic heterocycles. The second kappa shape index (κ2) is 7.42. The van der Waals surface area contributed by atoms with E-state index in [2.05, 4.69) is 0 Å². The van der Waals surface area contributed by atoms with Gasteiger partial charge in [0.25, 0.3) is 0 Å². The summed E-state index contributed by atoms with van der Waals surface area (Å²) in [5, 5.41) is 0. The van der Waals surface area contributed by atoms with Gasteiger partial charge in [0.15, 0.2) is 0 Å². The van der Waals surface area contributed by atoms with Gasteiger partial charge in [-0.05, 0) is 85.4 Å². The van der Waals surface area contributed by atoms with Gasteiger partial charge in [0.1, 0.15) is 17.5 Å². The molecule has 1 aliphatic carbocycles. The average molecular weight is 332 g/mol. The van der Waals surface area contributed by atoms with Crippen LogP contribution in [0.5, 0.6) is 0 Å². The molecule has 3 rings (SSSR count). The fourth-order valence-electron chi connectivity index (χ4n) is 3.72. The summed E-state index contributed by atoms with van der Waals surface area (Å²) >= 11 is 0. The summed E-state index contributed by atoms with van der Waals surface area (Å²) in [5.41, 5.74) is 3.18. The molecular weight excluding hydrogens is 309 g/mol. The lowest BCUT2D eigenvalue weighted by molar-refractivity contribution is 0.417. The van der Waals surface area contributed by atoms with Crippen LogP contribution in [0.1, 0.15) is 48.4 Å². The molecule has 1 atom stereocenters. The first-order valence-corrected chi connectivity index (χ1v) is 8.81. The second-order valence-corrected chi connectivity index (χ2v) is 6.85. The lowest BCUT2D eigenvalue weighted by atomic mass is 9.81. The predicted molar refractivity (Wildman–Crippen MR) is 90.6 cm³/mol. The summed E-state index contributed by atoms with van der Waals surface area (Å²) in [5.74, 6) is -0.631. The fraction of sp³-hybridized carbons (Fsp3) is 0.429. The van der Waals surface area contributed by atoms with Gasteiger partial charge >= 0.3 is 0 Å². The molecule has 1 unspecified atom stereocenters. The lowest BCUT2D eigenvalue weighted by Crippen LogP contribution is -2.15. The maximum atomic E-state index is 14.2. The van der Waals surface area contributed by atoms with Gasteiger partial charge in [0.05, 0.1) is 0 Å². The van der Waals surface area contributed by atoms with E-state index in [1.54, 1.807) is 6.07 Å². The Kier molecular flexibility index (Phi) is 5.27. The predicted octanol–water partition coefficient (Wildman–Crippen LogP) is 5.79. The van der Waals surface area contributed by atoms with Crippen LogP contribution in [-0.4, -0.2) is 0 Å². The highest BCUT2D eigenvalue weighted by atomic mass is 19.1. The first kappa shape index (κ1) is 17.1. The lowest BCUT2D eigenvalue weighted by Gasteiger charge is -2.24. The number of hydrogen-bond donors (Lipinski definition) is 0. The van der Waals surface area contributed by atoms with Gasteiger partial charge in [-0.15, -0.1) is 0 Å². The molecule has 2 aromatic carbocycles. The van der Waals surface area contributed by atoms with E-state index in [-0.39, 0.29) is 11.4 Å². The molecule has 0 N–H and O–H groups in total. The number of aryl methyl sites for hydroxylation is 2. The van der Waals surface area contributed by atoms with Gasteiger partial charge in [0, 0.05) is 5.56 Å². The maximum Gasteiger partial charge on any atom is 0.129 e.